The Labute approximate surface area is 116 Å². The van der Waals surface area contributed by atoms with Crippen LogP contribution in [-0.4, -0.2) is 14.4 Å². The van der Waals surface area contributed by atoms with Crippen molar-refractivity contribution in [3.8, 4) is 0 Å². The molecule has 0 spiro atoms. The third kappa shape index (κ3) is 3.83. The van der Waals surface area contributed by atoms with Crippen molar-refractivity contribution in [2.45, 2.75) is 85.0 Å². The van der Waals surface area contributed by atoms with Gasteiger partial charge in [-0.25, -0.2) is 0 Å². The molecule has 0 aliphatic heterocycles. The van der Waals surface area contributed by atoms with E-state index in [9.17, 15) is 0 Å². The quantitative estimate of drug-likeness (QED) is 0.582. The molecule has 3 atom stereocenters. The first-order valence-electron chi connectivity index (χ1n) is 8.15. The van der Waals surface area contributed by atoms with Crippen LogP contribution in [0.25, 0.3) is 0 Å². The van der Waals surface area contributed by atoms with Crippen LogP contribution in [0.1, 0.15) is 60.8 Å². The Morgan fingerprint density at radius 3 is 2.06 bits per heavy atom. The van der Waals surface area contributed by atoms with Crippen molar-refractivity contribution in [1.82, 2.24) is 0 Å². The van der Waals surface area contributed by atoms with E-state index in [1.165, 1.54) is 37.4 Å². The molecule has 18 heavy (non-hydrogen) atoms. The van der Waals surface area contributed by atoms with Gasteiger partial charge in [-0.2, -0.15) is 0 Å². The fraction of sp³-hybridized carbons (Fsp3) is 1.00. The summed E-state index contributed by atoms with van der Waals surface area (Å²) in [6.45, 7) is 14.2. The van der Waals surface area contributed by atoms with Crippen molar-refractivity contribution in [3.63, 3.8) is 0 Å². The molecule has 1 rings (SSSR count). The van der Waals surface area contributed by atoms with Gasteiger partial charge < -0.3 is 4.43 Å². The number of rotatable bonds is 6. The topological polar surface area (TPSA) is 9.23 Å². The Kier molecular flexibility index (Phi) is 6.39. The van der Waals surface area contributed by atoms with E-state index in [0.717, 1.165) is 17.8 Å². The molecule has 0 unspecified atom stereocenters. The molecule has 1 fully saturated rings. The second-order valence-corrected chi connectivity index (χ2v) is 11.4. The Hall–Kier alpha value is 0.177. The van der Waals surface area contributed by atoms with Crippen molar-refractivity contribution < 1.29 is 4.43 Å². The molecule has 0 saturated heterocycles. The second kappa shape index (κ2) is 7.09. The Morgan fingerprint density at radius 2 is 1.61 bits per heavy atom. The molecule has 108 valence electrons. The van der Waals surface area contributed by atoms with Crippen molar-refractivity contribution in [2.24, 2.45) is 17.8 Å². The zero-order valence-corrected chi connectivity index (χ0v) is 14.5. The van der Waals surface area contributed by atoms with E-state index in [1.54, 1.807) is 0 Å². The fourth-order valence-electron chi connectivity index (χ4n) is 3.57. The summed E-state index contributed by atoms with van der Waals surface area (Å²) in [4.78, 5) is 0. The van der Waals surface area contributed by atoms with Gasteiger partial charge in [0.1, 0.15) is 0 Å². The lowest BCUT2D eigenvalue weighted by Crippen LogP contribution is -2.45. The standard InChI is InChI=1S/C16H34OSi/c1-7-18(8-2,9-3)17-16-12-14(6)10-11-15(16)13(4)5/h13-16H,7-12H2,1-6H3/t14-,15+,16-/m1/s1. The van der Waals surface area contributed by atoms with Crippen molar-refractivity contribution in [2.75, 3.05) is 0 Å². The summed E-state index contributed by atoms with van der Waals surface area (Å²) >= 11 is 0. The zero-order chi connectivity index (χ0) is 13.8. The Morgan fingerprint density at radius 1 is 1.06 bits per heavy atom. The second-order valence-electron chi connectivity index (χ2n) is 6.73. The highest BCUT2D eigenvalue weighted by molar-refractivity contribution is 6.73. The van der Waals surface area contributed by atoms with Gasteiger partial charge in [0.2, 0.25) is 0 Å². The predicted molar refractivity (Wildman–Crippen MR) is 83.4 cm³/mol. The number of hydrogen-bond acceptors (Lipinski definition) is 1. The summed E-state index contributed by atoms with van der Waals surface area (Å²) in [6, 6.07) is 3.86. The molecule has 2 heteroatoms. The van der Waals surface area contributed by atoms with Crippen LogP contribution in [0.5, 0.6) is 0 Å². The van der Waals surface area contributed by atoms with E-state index in [0.29, 0.717) is 6.10 Å². The van der Waals surface area contributed by atoms with Crippen LogP contribution >= 0.6 is 0 Å². The molecule has 0 bridgehead atoms. The molecular formula is C16H34OSi. The molecule has 1 saturated carbocycles. The Balaban J connectivity index is 2.76. The van der Waals surface area contributed by atoms with E-state index < -0.39 is 8.32 Å². The SMILES string of the molecule is CC[Si](CC)(CC)O[C@@H]1C[C@H](C)CC[C@H]1C(C)C. The maximum Gasteiger partial charge on any atom is 0.192 e. The molecule has 0 radical (unpaired) electrons. The lowest BCUT2D eigenvalue weighted by molar-refractivity contribution is 0.0373. The summed E-state index contributed by atoms with van der Waals surface area (Å²) in [5.74, 6) is 2.44. The molecule has 1 aliphatic carbocycles. The van der Waals surface area contributed by atoms with Crippen LogP contribution in [-0.2, 0) is 4.43 Å². The first-order valence-corrected chi connectivity index (χ1v) is 10.7. The van der Waals surface area contributed by atoms with Crippen LogP contribution < -0.4 is 0 Å². The van der Waals surface area contributed by atoms with Crippen LogP contribution in [0.15, 0.2) is 0 Å². The first kappa shape index (κ1) is 16.2. The molecule has 0 aromatic heterocycles. The van der Waals surface area contributed by atoms with Crippen LogP contribution in [0, 0.1) is 17.8 Å². The maximum atomic E-state index is 6.81. The molecule has 0 amide bonds. The van der Waals surface area contributed by atoms with Crippen molar-refractivity contribution in [1.29, 1.82) is 0 Å². The molecule has 0 heterocycles. The van der Waals surface area contributed by atoms with Gasteiger partial charge in [0.05, 0.1) is 0 Å². The van der Waals surface area contributed by atoms with E-state index in [1.807, 2.05) is 0 Å². The minimum absolute atomic E-state index is 0.556. The monoisotopic (exact) mass is 270 g/mol. The highest BCUT2D eigenvalue weighted by atomic mass is 28.4. The molecule has 0 N–H and O–H groups in total. The normalized spacial score (nSPS) is 29.8. The van der Waals surface area contributed by atoms with Gasteiger partial charge in [-0.1, -0.05) is 48.0 Å². The van der Waals surface area contributed by atoms with E-state index in [-0.39, 0.29) is 0 Å². The smallest absolute Gasteiger partial charge is 0.192 e. The van der Waals surface area contributed by atoms with Crippen LogP contribution in [0.4, 0.5) is 0 Å². The van der Waals surface area contributed by atoms with Crippen LogP contribution in [0.2, 0.25) is 18.1 Å². The van der Waals surface area contributed by atoms with Crippen LogP contribution in [0.3, 0.4) is 0 Å². The van der Waals surface area contributed by atoms with Crippen molar-refractivity contribution in [3.05, 3.63) is 0 Å². The lowest BCUT2D eigenvalue weighted by atomic mass is 9.75. The van der Waals surface area contributed by atoms with Gasteiger partial charge in [0.25, 0.3) is 0 Å². The Bertz CT molecular complexity index is 227. The first-order chi connectivity index (χ1) is 8.48. The summed E-state index contributed by atoms with van der Waals surface area (Å²) in [5, 5.41) is 0. The minimum atomic E-state index is -1.42. The van der Waals surface area contributed by atoms with E-state index >= 15 is 0 Å². The van der Waals surface area contributed by atoms with E-state index in [2.05, 4.69) is 41.5 Å². The lowest BCUT2D eigenvalue weighted by Gasteiger charge is -2.42. The predicted octanol–water partition coefficient (Wildman–Crippen LogP) is 5.47. The van der Waals surface area contributed by atoms with E-state index in [4.69, 9.17) is 4.43 Å². The van der Waals surface area contributed by atoms with Crippen molar-refractivity contribution >= 4 is 8.32 Å². The third-order valence-corrected chi connectivity index (χ3v) is 9.96. The van der Waals surface area contributed by atoms with Gasteiger partial charge >= 0.3 is 0 Å². The average Bonchev–Trinajstić information content (AvgIpc) is 2.36. The zero-order valence-electron chi connectivity index (χ0n) is 13.5. The highest BCUT2D eigenvalue weighted by Gasteiger charge is 2.38. The van der Waals surface area contributed by atoms with Gasteiger partial charge in [0.15, 0.2) is 8.32 Å². The van der Waals surface area contributed by atoms with Gasteiger partial charge in [-0.3, -0.25) is 0 Å². The molecule has 1 aliphatic rings. The number of hydrogen-bond donors (Lipinski definition) is 0. The van der Waals surface area contributed by atoms with Gasteiger partial charge in [0, 0.05) is 6.10 Å². The summed E-state index contributed by atoms with van der Waals surface area (Å²) < 4.78 is 6.81. The third-order valence-electron chi connectivity index (χ3n) is 5.30. The fourth-order valence-corrected chi connectivity index (χ4v) is 6.48. The maximum absolute atomic E-state index is 6.81. The average molecular weight is 271 g/mol. The molecule has 1 nitrogen and oxygen atoms in total. The summed E-state index contributed by atoms with van der Waals surface area (Å²) in [6.07, 6.45) is 4.64. The largest absolute Gasteiger partial charge is 0.414 e. The summed E-state index contributed by atoms with van der Waals surface area (Å²) in [5.41, 5.74) is 0. The molecular weight excluding hydrogens is 236 g/mol. The molecule has 0 aromatic rings. The highest BCUT2D eigenvalue weighted by Crippen LogP contribution is 2.38. The van der Waals surface area contributed by atoms with Gasteiger partial charge in [-0.15, -0.1) is 0 Å². The summed E-state index contributed by atoms with van der Waals surface area (Å²) in [7, 11) is -1.42. The molecule has 0 aromatic carbocycles. The minimum Gasteiger partial charge on any atom is -0.414 e. The van der Waals surface area contributed by atoms with Gasteiger partial charge in [-0.05, 0) is 48.7 Å².